The zero-order valence-electron chi connectivity index (χ0n) is 9.90. The number of methoxy groups -OCH3 is 1. The van der Waals surface area contributed by atoms with Gasteiger partial charge in [0.1, 0.15) is 11.4 Å². The highest BCUT2D eigenvalue weighted by Crippen LogP contribution is 2.25. The number of anilines is 1. The lowest BCUT2D eigenvalue weighted by atomic mass is 10.1. The number of benzene rings is 1. The molecule has 0 aromatic heterocycles. The fourth-order valence-corrected chi connectivity index (χ4v) is 1.98. The molecule has 5 nitrogen and oxygen atoms in total. The molecule has 5 heteroatoms. The van der Waals surface area contributed by atoms with Gasteiger partial charge in [-0.2, -0.15) is 0 Å². The normalized spacial score (nSPS) is 20.0. The van der Waals surface area contributed by atoms with E-state index < -0.39 is 0 Å². The van der Waals surface area contributed by atoms with Crippen LogP contribution in [0.3, 0.4) is 0 Å². The Kier molecular flexibility index (Phi) is 4.19. The Balaban J connectivity index is 2.05. The van der Waals surface area contributed by atoms with Gasteiger partial charge in [0.05, 0.1) is 19.8 Å². The van der Waals surface area contributed by atoms with Gasteiger partial charge in [-0.25, -0.2) is 0 Å². The van der Waals surface area contributed by atoms with Gasteiger partial charge < -0.3 is 14.8 Å². The standard InChI is InChI=1S/C12H18N2O3/c1-16-12-3-2-9(7-11(12)14-15)6-10-8-13-4-5-17-10/h2-3,7,10,13-15H,4-6,8H2,1H3. The molecule has 0 aliphatic carbocycles. The van der Waals surface area contributed by atoms with Gasteiger partial charge in [-0.15, -0.1) is 0 Å². The second kappa shape index (κ2) is 5.86. The van der Waals surface area contributed by atoms with Crippen LogP contribution in [0.15, 0.2) is 18.2 Å². The van der Waals surface area contributed by atoms with Gasteiger partial charge in [0, 0.05) is 13.1 Å². The van der Waals surface area contributed by atoms with Crippen molar-refractivity contribution >= 4 is 5.69 Å². The van der Waals surface area contributed by atoms with Crippen LogP contribution in [0.25, 0.3) is 0 Å². The Labute approximate surface area is 101 Å². The third-order valence-electron chi connectivity index (χ3n) is 2.85. The Morgan fingerprint density at radius 3 is 3.12 bits per heavy atom. The average molecular weight is 238 g/mol. The van der Waals surface area contributed by atoms with Crippen molar-refractivity contribution in [1.82, 2.24) is 5.32 Å². The van der Waals surface area contributed by atoms with Gasteiger partial charge in [-0.1, -0.05) is 6.07 Å². The molecule has 0 radical (unpaired) electrons. The zero-order chi connectivity index (χ0) is 12.1. The van der Waals surface area contributed by atoms with Crippen LogP contribution < -0.4 is 15.5 Å². The van der Waals surface area contributed by atoms with Crippen LogP contribution in [0.2, 0.25) is 0 Å². The van der Waals surface area contributed by atoms with E-state index in [2.05, 4.69) is 10.8 Å². The highest BCUT2D eigenvalue weighted by molar-refractivity contribution is 5.56. The molecule has 1 unspecified atom stereocenters. The Morgan fingerprint density at radius 1 is 1.59 bits per heavy atom. The fraction of sp³-hybridized carbons (Fsp3) is 0.500. The van der Waals surface area contributed by atoms with Gasteiger partial charge in [0.15, 0.2) is 0 Å². The third kappa shape index (κ3) is 3.09. The van der Waals surface area contributed by atoms with Crippen LogP contribution in [0.1, 0.15) is 5.56 Å². The number of ether oxygens (including phenoxy) is 2. The molecule has 0 spiro atoms. The predicted molar refractivity (Wildman–Crippen MR) is 64.7 cm³/mol. The number of nitrogens with one attached hydrogen (secondary N) is 2. The number of hydrogen-bond acceptors (Lipinski definition) is 5. The molecule has 1 fully saturated rings. The molecule has 2 rings (SSSR count). The topological polar surface area (TPSA) is 62.8 Å². The first-order valence-corrected chi connectivity index (χ1v) is 5.73. The van der Waals surface area contributed by atoms with E-state index in [0.29, 0.717) is 11.4 Å². The van der Waals surface area contributed by atoms with Gasteiger partial charge >= 0.3 is 0 Å². The largest absolute Gasteiger partial charge is 0.495 e. The molecule has 0 saturated carbocycles. The van der Waals surface area contributed by atoms with E-state index in [-0.39, 0.29) is 6.10 Å². The highest BCUT2D eigenvalue weighted by Gasteiger charge is 2.14. The maximum atomic E-state index is 9.01. The number of hydrogen-bond donors (Lipinski definition) is 3. The monoisotopic (exact) mass is 238 g/mol. The van der Waals surface area contributed by atoms with Gasteiger partial charge in [0.25, 0.3) is 0 Å². The van der Waals surface area contributed by atoms with Crippen molar-refractivity contribution in [3.8, 4) is 5.75 Å². The van der Waals surface area contributed by atoms with E-state index in [4.69, 9.17) is 14.7 Å². The fourth-order valence-electron chi connectivity index (χ4n) is 1.98. The van der Waals surface area contributed by atoms with E-state index in [1.54, 1.807) is 7.11 Å². The quantitative estimate of drug-likeness (QED) is 0.684. The molecular formula is C12H18N2O3. The van der Waals surface area contributed by atoms with Crippen LogP contribution >= 0.6 is 0 Å². The third-order valence-corrected chi connectivity index (χ3v) is 2.85. The van der Waals surface area contributed by atoms with E-state index in [1.807, 2.05) is 18.2 Å². The van der Waals surface area contributed by atoms with Gasteiger partial charge in [0.2, 0.25) is 0 Å². The van der Waals surface area contributed by atoms with Crippen LogP contribution in [-0.4, -0.2) is 38.1 Å². The van der Waals surface area contributed by atoms with Crippen molar-refractivity contribution in [1.29, 1.82) is 0 Å². The van der Waals surface area contributed by atoms with Crippen LogP contribution in [0.4, 0.5) is 5.69 Å². The minimum Gasteiger partial charge on any atom is -0.495 e. The summed E-state index contributed by atoms with van der Waals surface area (Å²) in [7, 11) is 1.57. The minimum atomic E-state index is 0.198. The van der Waals surface area contributed by atoms with Gasteiger partial charge in [-0.3, -0.25) is 10.7 Å². The molecule has 1 aliphatic rings. The summed E-state index contributed by atoms with van der Waals surface area (Å²) < 4.78 is 10.8. The van der Waals surface area contributed by atoms with Crippen molar-refractivity contribution in [2.45, 2.75) is 12.5 Å². The van der Waals surface area contributed by atoms with Crippen molar-refractivity contribution in [2.24, 2.45) is 0 Å². The predicted octanol–water partition coefficient (Wildman–Crippen LogP) is 1.03. The van der Waals surface area contributed by atoms with Crippen LogP contribution in [0, 0.1) is 0 Å². The summed E-state index contributed by atoms with van der Waals surface area (Å²) in [4.78, 5) is 0. The molecule has 17 heavy (non-hydrogen) atoms. The molecule has 94 valence electrons. The Morgan fingerprint density at radius 2 is 2.47 bits per heavy atom. The summed E-state index contributed by atoms with van der Waals surface area (Å²) >= 11 is 0. The second-order valence-corrected chi connectivity index (χ2v) is 4.05. The molecule has 1 aliphatic heterocycles. The molecule has 1 saturated heterocycles. The van der Waals surface area contributed by atoms with Crippen molar-refractivity contribution in [3.63, 3.8) is 0 Å². The van der Waals surface area contributed by atoms with Crippen molar-refractivity contribution in [3.05, 3.63) is 23.8 Å². The average Bonchev–Trinajstić information content (AvgIpc) is 2.40. The first-order chi connectivity index (χ1) is 8.33. The first kappa shape index (κ1) is 12.2. The molecule has 0 bridgehead atoms. The van der Waals surface area contributed by atoms with Gasteiger partial charge in [-0.05, 0) is 24.1 Å². The van der Waals surface area contributed by atoms with E-state index in [9.17, 15) is 0 Å². The van der Waals surface area contributed by atoms with Crippen molar-refractivity contribution in [2.75, 3.05) is 32.3 Å². The number of morpholine rings is 1. The summed E-state index contributed by atoms with van der Waals surface area (Å²) in [5.74, 6) is 0.624. The molecule has 1 atom stereocenters. The molecule has 3 N–H and O–H groups in total. The lowest BCUT2D eigenvalue weighted by Crippen LogP contribution is -2.39. The smallest absolute Gasteiger partial charge is 0.144 e. The van der Waals surface area contributed by atoms with Crippen LogP contribution in [0.5, 0.6) is 5.75 Å². The lowest BCUT2D eigenvalue weighted by molar-refractivity contribution is 0.0292. The van der Waals surface area contributed by atoms with E-state index in [1.165, 1.54) is 0 Å². The summed E-state index contributed by atoms with van der Waals surface area (Å²) in [6, 6.07) is 5.69. The lowest BCUT2D eigenvalue weighted by Gasteiger charge is -2.23. The second-order valence-electron chi connectivity index (χ2n) is 4.05. The molecule has 1 aromatic carbocycles. The Hall–Kier alpha value is -1.30. The molecule has 0 amide bonds. The number of rotatable bonds is 4. The summed E-state index contributed by atoms with van der Waals surface area (Å²) in [5, 5.41) is 12.3. The summed E-state index contributed by atoms with van der Waals surface area (Å²) in [6.07, 6.45) is 1.02. The van der Waals surface area contributed by atoms with Crippen molar-refractivity contribution < 1.29 is 14.7 Å². The summed E-state index contributed by atoms with van der Waals surface area (Å²) in [6.45, 7) is 2.54. The summed E-state index contributed by atoms with van der Waals surface area (Å²) in [5.41, 5.74) is 3.83. The highest BCUT2D eigenvalue weighted by atomic mass is 16.5. The molecular weight excluding hydrogens is 220 g/mol. The zero-order valence-corrected chi connectivity index (χ0v) is 9.90. The maximum absolute atomic E-state index is 9.01. The molecule has 1 heterocycles. The van der Waals surface area contributed by atoms with Crippen LogP contribution in [-0.2, 0) is 11.2 Å². The van der Waals surface area contributed by atoms with E-state index in [0.717, 1.165) is 31.7 Å². The van der Waals surface area contributed by atoms with E-state index >= 15 is 0 Å². The Bertz CT molecular complexity index is 365. The first-order valence-electron chi connectivity index (χ1n) is 5.73. The SMILES string of the molecule is COc1ccc(CC2CNCCO2)cc1NO. The molecule has 1 aromatic rings. The minimum absolute atomic E-state index is 0.198. The maximum Gasteiger partial charge on any atom is 0.144 e.